The summed E-state index contributed by atoms with van der Waals surface area (Å²) in [6.07, 6.45) is 1.93. The van der Waals surface area contributed by atoms with Gasteiger partial charge >= 0.3 is 5.69 Å². The van der Waals surface area contributed by atoms with Crippen LogP contribution in [0.25, 0.3) is 11.0 Å². The molecular formula is C13H17N3O3. The largest absolute Gasteiger partial charge is 0.323 e. The van der Waals surface area contributed by atoms with E-state index < -0.39 is 0 Å². The highest BCUT2D eigenvalue weighted by Crippen LogP contribution is 2.12. The van der Waals surface area contributed by atoms with Crippen molar-refractivity contribution in [1.82, 2.24) is 15.4 Å². The Kier molecular flexibility index (Phi) is 4.35. The number of hydroxylamine groups is 1. The molecule has 102 valence electrons. The van der Waals surface area contributed by atoms with Gasteiger partial charge in [0.15, 0.2) is 0 Å². The van der Waals surface area contributed by atoms with Gasteiger partial charge in [0, 0.05) is 6.42 Å². The van der Waals surface area contributed by atoms with Crippen molar-refractivity contribution in [1.29, 1.82) is 0 Å². The molecule has 1 aromatic carbocycles. The minimum Gasteiger partial charge on any atom is -0.306 e. The van der Waals surface area contributed by atoms with E-state index in [0.29, 0.717) is 13.0 Å². The summed E-state index contributed by atoms with van der Waals surface area (Å²) in [5.74, 6) is -0.113. The highest BCUT2D eigenvalue weighted by molar-refractivity contribution is 5.75. The lowest BCUT2D eigenvalue weighted by Gasteiger charge is -2.04. The fraction of sp³-hybridized carbons (Fsp3) is 0.385. The van der Waals surface area contributed by atoms with Crippen LogP contribution in [0.3, 0.4) is 0 Å². The van der Waals surface area contributed by atoms with Crippen molar-refractivity contribution in [3.8, 4) is 0 Å². The van der Waals surface area contributed by atoms with E-state index in [-0.39, 0.29) is 11.6 Å². The number of carbonyl (C=O) groups excluding carboxylic acids is 1. The number of hydrogen-bond donors (Lipinski definition) is 3. The van der Waals surface area contributed by atoms with E-state index in [0.717, 1.165) is 29.4 Å². The number of H-pyrrole nitrogens is 2. The molecule has 6 nitrogen and oxygen atoms in total. The fourth-order valence-corrected chi connectivity index (χ4v) is 1.89. The molecule has 0 radical (unpaired) electrons. The quantitative estimate of drug-likeness (QED) is 0.685. The topological polar surface area (TPSA) is 87.0 Å². The summed E-state index contributed by atoms with van der Waals surface area (Å²) >= 11 is 0. The lowest BCUT2D eigenvalue weighted by molar-refractivity contribution is -0.133. The minimum atomic E-state index is -0.205. The van der Waals surface area contributed by atoms with Crippen molar-refractivity contribution in [3.05, 3.63) is 34.2 Å². The molecule has 0 aliphatic heterocycles. The number of rotatable bonds is 6. The molecule has 0 saturated heterocycles. The molecule has 0 atom stereocenters. The molecule has 1 amide bonds. The van der Waals surface area contributed by atoms with Gasteiger partial charge in [0.25, 0.3) is 0 Å². The molecular weight excluding hydrogens is 246 g/mol. The molecule has 0 fully saturated rings. The third-order valence-corrected chi connectivity index (χ3v) is 2.78. The third-order valence-electron chi connectivity index (χ3n) is 2.78. The maximum atomic E-state index is 11.3. The molecule has 0 bridgehead atoms. The number of hydrogen-bond acceptors (Lipinski definition) is 3. The first kappa shape index (κ1) is 13.4. The van der Waals surface area contributed by atoms with Gasteiger partial charge < -0.3 is 9.97 Å². The Morgan fingerprint density at radius 3 is 2.89 bits per heavy atom. The summed E-state index contributed by atoms with van der Waals surface area (Å²) in [6.45, 7) is 2.27. The van der Waals surface area contributed by atoms with E-state index in [9.17, 15) is 9.59 Å². The Hall–Kier alpha value is -2.08. The number of aromatic nitrogens is 2. The van der Waals surface area contributed by atoms with E-state index in [1.165, 1.54) is 0 Å². The predicted molar refractivity (Wildman–Crippen MR) is 71.6 cm³/mol. The Balaban J connectivity index is 1.87. The van der Waals surface area contributed by atoms with Crippen LogP contribution in [-0.4, -0.2) is 22.5 Å². The molecule has 1 heterocycles. The van der Waals surface area contributed by atoms with E-state index in [1.54, 1.807) is 0 Å². The summed E-state index contributed by atoms with van der Waals surface area (Å²) in [5, 5.41) is 0. The number of aromatic amines is 2. The van der Waals surface area contributed by atoms with Crippen molar-refractivity contribution < 1.29 is 9.63 Å². The van der Waals surface area contributed by atoms with Crippen LogP contribution in [0.1, 0.15) is 25.3 Å². The molecule has 2 aromatic rings. The van der Waals surface area contributed by atoms with Crippen LogP contribution < -0.4 is 11.2 Å². The molecule has 6 heteroatoms. The monoisotopic (exact) mass is 263 g/mol. The molecule has 19 heavy (non-hydrogen) atoms. The van der Waals surface area contributed by atoms with Crippen LogP contribution >= 0.6 is 0 Å². The highest BCUT2D eigenvalue weighted by Gasteiger charge is 2.03. The number of aryl methyl sites for hydroxylation is 1. The average molecular weight is 263 g/mol. The second-order valence-corrected chi connectivity index (χ2v) is 4.27. The Labute approximate surface area is 110 Å². The Bertz CT molecular complexity index is 615. The first-order chi connectivity index (χ1) is 9.19. The van der Waals surface area contributed by atoms with Gasteiger partial charge in [-0.05, 0) is 37.5 Å². The van der Waals surface area contributed by atoms with Crippen LogP contribution in [0.5, 0.6) is 0 Å². The molecule has 0 unspecified atom stereocenters. The molecule has 0 spiro atoms. The molecule has 2 rings (SSSR count). The van der Waals surface area contributed by atoms with E-state index in [2.05, 4.69) is 15.4 Å². The smallest absolute Gasteiger partial charge is 0.306 e. The number of carbonyl (C=O) groups is 1. The molecule has 1 aromatic heterocycles. The summed E-state index contributed by atoms with van der Waals surface area (Å²) in [4.78, 5) is 32.7. The zero-order chi connectivity index (χ0) is 13.7. The standard InChI is InChI=1S/C13H17N3O3/c1-2-19-16-12(17)5-3-4-9-6-7-10-11(8-9)15-13(18)14-10/h6-8H,2-5H2,1H3,(H,16,17)(H2,14,15,18). The van der Waals surface area contributed by atoms with Crippen LogP contribution in [-0.2, 0) is 16.1 Å². The van der Waals surface area contributed by atoms with Gasteiger partial charge in [-0.25, -0.2) is 10.3 Å². The molecule has 0 aliphatic rings. The van der Waals surface area contributed by atoms with Crippen LogP contribution in [0.4, 0.5) is 0 Å². The second kappa shape index (κ2) is 6.19. The highest BCUT2D eigenvalue weighted by atomic mass is 16.6. The van der Waals surface area contributed by atoms with Gasteiger partial charge in [0.2, 0.25) is 5.91 Å². The summed E-state index contributed by atoms with van der Waals surface area (Å²) in [7, 11) is 0. The maximum absolute atomic E-state index is 11.3. The van der Waals surface area contributed by atoms with Crippen molar-refractivity contribution >= 4 is 16.9 Å². The average Bonchev–Trinajstić information content (AvgIpc) is 2.75. The number of benzene rings is 1. The minimum absolute atomic E-state index is 0.113. The van der Waals surface area contributed by atoms with Crippen molar-refractivity contribution in [2.24, 2.45) is 0 Å². The maximum Gasteiger partial charge on any atom is 0.323 e. The van der Waals surface area contributed by atoms with Crippen molar-refractivity contribution in [3.63, 3.8) is 0 Å². The number of amides is 1. The normalized spacial score (nSPS) is 10.8. The van der Waals surface area contributed by atoms with Gasteiger partial charge in [-0.2, -0.15) is 0 Å². The van der Waals surface area contributed by atoms with Gasteiger partial charge in [-0.15, -0.1) is 0 Å². The fourth-order valence-electron chi connectivity index (χ4n) is 1.89. The summed E-state index contributed by atoms with van der Waals surface area (Å²) in [5.41, 5.74) is 4.83. The van der Waals surface area contributed by atoms with Gasteiger partial charge in [0.05, 0.1) is 17.6 Å². The molecule has 0 aliphatic carbocycles. The van der Waals surface area contributed by atoms with Gasteiger partial charge in [0.1, 0.15) is 0 Å². The van der Waals surface area contributed by atoms with Crippen LogP contribution in [0, 0.1) is 0 Å². The molecule has 0 saturated carbocycles. The number of imidazole rings is 1. The van der Waals surface area contributed by atoms with Crippen molar-refractivity contribution in [2.75, 3.05) is 6.61 Å². The SMILES string of the molecule is CCONC(=O)CCCc1ccc2[nH]c(=O)[nH]c2c1. The number of nitrogens with one attached hydrogen (secondary N) is 3. The lowest BCUT2D eigenvalue weighted by Crippen LogP contribution is -2.23. The second-order valence-electron chi connectivity index (χ2n) is 4.27. The first-order valence-electron chi connectivity index (χ1n) is 6.30. The lowest BCUT2D eigenvalue weighted by atomic mass is 10.1. The van der Waals surface area contributed by atoms with Gasteiger partial charge in [-0.1, -0.05) is 6.07 Å². The third kappa shape index (κ3) is 3.69. The van der Waals surface area contributed by atoms with Crippen LogP contribution in [0.15, 0.2) is 23.0 Å². The zero-order valence-corrected chi connectivity index (χ0v) is 10.8. The van der Waals surface area contributed by atoms with E-state index >= 15 is 0 Å². The molecule has 3 N–H and O–H groups in total. The summed E-state index contributed by atoms with van der Waals surface area (Å²) in [6, 6.07) is 5.74. The first-order valence-corrected chi connectivity index (χ1v) is 6.30. The van der Waals surface area contributed by atoms with Gasteiger partial charge in [-0.3, -0.25) is 9.63 Å². The Morgan fingerprint density at radius 2 is 2.11 bits per heavy atom. The predicted octanol–water partition coefficient (Wildman–Crippen LogP) is 1.25. The van der Waals surface area contributed by atoms with E-state index in [4.69, 9.17) is 4.84 Å². The Morgan fingerprint density at radius 1 is 1.32 bits per heavy atom. The van der Waals surface area contributed by atoms with E-state index in [1.807, 2.05) is 25.1 Å². The number of fused-ring (bicyclic) bond motifs is 1. The van der Waals surface area contributed by atoms with Crippen LogP contribution in [0.2, 0.25) is 0 Å². The summed E-state index contributed by atoms with van der Waals surface area (Å²) < 4.78 is 0. The zero-order valence-electron chi connectivity index (χ0n) is 10.8. The van der Waals surface area contributed by atoms with Crippen molar-refractivity contribution in [2.45, 2.75) is 26.2 Å².